The van der Waals surface area contributed by atoms with Crippen molar-refractivity contribution in [2.45, 2.75) is 0 Å². The number of nitrogens with one attached hydrogen (secondary N) is 1. The van der Waals surface area contributed by atoms with Crippen LogP contribution in [0.2, 0.25) is 10.0 Å². The van der Waals surface area contributed by atoms with Gasteiger partial charge in [0.25, 0.3) is 5.91 Å². The number of methoxy groups -OCH3 is 1. The lowest BCUT2D eigenvalue weighted by Crippen LogP contribution is -2.18. The van der Waals surface area contributed by atoms with Gasteiger partial charge in [-0.15, -0.1) is 0 Å². The first kappa shape index (κ1) is 18.5. The van der Waals surface area contributed by atoms with E-state index in [0.717, 1.165) is 12.3 Å². The number of phenols is 1. The number of hydrogen-bond donors (Lipinski definition) is 2. The van der Waals surface area contributed by atoms with Gasteiger partial charge in [0.2, 0.25) is 5.75 Å². The van der Waals surface area contributed by atoms with E-state index in [1.807, 2.05) is 0 Å². The summed E-state index contributed by atoms with van der Waals surface area (Å²) in [5.74, 6) is -1.28. The van der Waals surface area contributed by atoms with Gasteiger partial charge in [0.1, 0.15) is 0 Å². The van der Waals surface area contributed by atoms with Crippen molar-refractivity contribution in [3.05, 3.63) is 61.6 Å². The van der Waals surface area contributed by atoms with Gasteiger partial charge in [-0.2, -0.15) is 5.10 Å². The van der Waals surface area contributed by atoms with Crippen LogP contribution < -0.4 is 10.2 Å². The SMILES string of the molecule is COc1cc(/C=N/NC(=O)c2ccc(Cl)cc2Cl)cc([N+](=O)[O-])c1O. The number of carbonyl (C=O) groups is 1. The quantitative estimate of drug-likeness (QED) is 0.466. The summed E-state index contributed by atoms with van der Waals surface area (Å²) in [5.41, 5.74) is 2.09. The molecule has 0 saturated heterocycles. The van der Waals surface area contributed by atoms with Crippen LogP contribution in [0, 0.1) is 10.1 Å². The number of ether oxygens (including phenoxy) is 1. The van der Waals surface area contributed by atoms with Gasteiger partial charge in [-0.1, -0.05) is 23.2 Å². The number of benzene rings is 2. The largest absolute Gasteiger partial charge is 0.500 e. The standard InChI is InChI=1S/C15H11Cl2N3O5/c1-25-13-5-8(4-12(14(13)21)20(23)24)7-18-19-15(22)10-3-2-9(16)6-11(10)17/h2-7,21H,1H3,(H,19,22)/b18-7+. The fourth-order valence-electron chi connectivity index (χ4n) is 1.88. The minimum Gasteiger partial charge on any atom is -0.500 e. The van der Waals surface area contributed by atoms with Crippen molar-refractivity contribution >= 4 is 41.0 Å². The monoisotopic (exact) mass is 383 g/mol. The van der Waals surface area contributed by atoms with Crippen molar-refractivity contribution in [2.24, 2.45) is 5.10 Å². The van der Waals surface area contributed by atoms with Crippen LogP contribution in [0.25, 0.3) is 0 Å². The van der Waals surface area contributed by atoms with Crippen LogP contribution in [0.1, 0.15) is 15.9 Å². The zero-order valence-corrected chi connectivity index (χ0v) is 14.2. The molecule has 0 aliphatic rings. The molecule has 2 aromatic carbocycles. The second-order valence-corrected chi connectivity index (χ2v) is 5.51. The molecule has 0 aromatic heterocycles. The Hall–Kier alpha value is -2.84. The fraction of sp³-hybridized carbons (Fsp3) is 0.0667. The summed E-state index contributed by atoms with van der Waals surface area (Å²) in [6.45, 7) is 0. The Morgan fingerprint density at radius 1 is 1.36 bits per heavy atom. The lowest BCUT2D eigenvalue weighted by Gasteiger charge is -2.05. The van der Waals surface area contributed by atoms with Crippen LogP contribution in [-0.4, -0.2) is 29.3 Å². The number of halogens is 2. The van der Waals surface area contributed by atoms with Crippen LogP contribution in [0.4, 0.5) is 5.69 Å². The van der Waals surface area contributed by atoms with Crippen molar-refractivity contribution in [3.8, 4) is 11.5 Å². The van der Waals surface area contributed by atoms with Crippen molar-refractivity contribution < 1.29 is 19.6 Å². The Morgan fingerprint density at radius 3 is 2.68 bits per heavy atom. The van der Waals surface area contributed by atoms with Gasteiger partial charge < -0.3 is 9.84 Å². The highest BCUT2D eigenvalue weighted by molar-refractivity contribution is 6.36. The number of phenolic OH excluding ortho intramolecular Hbond substituents is 1. The molecule has 0 fully saturated rings. The maximum Gasteiger partial charge on any atom is 0.315 e. The van der Waals surface area contributed by atoms with Gasteiger partial charge in [-0.3, -0.25) is 14.9 Å². The van der Waals surface area contributed by atoms with E-state index in [0.29, 0.717) is 5.02 Å². The van der Waals surface area contributed by atoms with E-state index in [4.69, 9.17) is 27.9 Å². The number of aromatic hydroxyl groups is 1. The minimum atomic E-state index is -0.763. The van der Waals surface area contributed by atoms with Crippen LogP contribution in [0.3, 0.4) is 0 Å². The molecule has 0 aliphatic carbocycles. The maximum absolute atomic E-state index is 12.0. The van der Waals surface area contributed by atoms with E-state index >= 15 is 0 Å². The summed E-state index contributed by atoms with van der Waals surface area (Å²) in [4.78, 5) is 22.2. The molecular weight excluding hydrogens is 373 g/mol. The van der Waals surface area contributed by atoms with E-state index in [9.17, 15) is 20.0 Å². The topological polar surface area (TPSA) is 114 Å². The van der Waals surface area contributed by atoms with Crippen molar-refractivity contribution in [1.82, 2.24) is 5.43 Å². The number of hydrogen-bond acceptors (Lipinski definition) is 6. The fourth-order valence-corrected chi connectivity index (χ4v) is 2.38. The highest BCUT2D eigenvalue weighted by Gasteiger charge is 2.19. The van der Waals surface area contributed by atoms with Crippen LogP contribution >= 0.6 is 23.2 Å². The average molecular weight is 384 g/mol. The van der Waals surface area contributed by atoms with Crippen molar-refractivity contribution in [1.29, 1.82) is 0 Å². The lowest BCUT2D eigenvalue weighted by molar-refractivity contribution is -0.386. The Bertz CT molecular complexity index is 870. The smallest absolute Gasteiger partial charge is 0.315 e. The minimum absolute atomic E-state index is 0.0947. The van der Waals surface area contributed by atoms with Crippen molar-refractivity contribution in [3.63, 3.8) is 0 Å². The molecular formula is C15H11Cl2N3O5. The Labute approximate surface area is 151 Å². The van der Waals surface area contributed by atoms with E-state index < -0.39 is 22.3 Å². The first-order chi connectivity index (χ1) is 11.8. The molecule has 8 nitrogen and oxygen atoms in total. The van der Waals surface area contributed by atoms with Gasteiger partial charge in [-0.05, 0) is 24.3 Å². The summed E-state index contributed by atoms with van der Waals surface area (Å²) >= 11 is 11.7. The normalized spacial score (nSPS) is 10.7. The summed E-state index contributed by atoms with van der Waals surface area (Å²) in [7, 11) is 1.25. The molecule has 0 heterocycles. The molecule has 25 heavy (non-hydrogen) atoms. The van der Waals surface area contributed by atoms with E-state index in [1.165, 1.54) is 31.4 Å². The number of rotatable bonds is 5. The van der Waals surface area contributed by atoms with Gasteiger partial charge in [0.05, 0.1) is 28.8 Å². The zero-order chi connectivity index (χ0) is 18.6. The molecule has 0 atom stereocenters. The van der Waals surface area contributed by atoms with Crippen molar-refractivity contribution in [2.75, 3.05) is 7.11 Å². The molecule has 1 amide bonds. The third-order valence-corrected chi connectivity index (χ3v) is 3.60. The summed E-state index contributed by atoms with van der Waals surface area (Å²) in [6.07, 6.45) is 1.16. The third kappa shape index (κ3) is 4.37. The molecule has 2 N–H and O–H groups in total. The lowest BCUT2D eigenvalue weighted by atomic mass is 10.2. The van der Waals surface area contributed by atoms with Crippen LogP contribution in [-0.2, 0) is 0 Å². The van der Waals surface area contributed by atoms with Crippen LogP contribution in [0.5, 0.6) is 11.5 Å². The second-order valence-electron chi connectivity index (χ2n) is 4.67. The second kappa shape index (κ2) is 7.82. The molecule has 10 heteroatoms. The van der Waals surface area contributed by atoms with Crippen LogP contribution in [0.15, 0.2) is 35.4 Å². The molecule has 0 aliphatic heterocycles. The average Bonchev–Trinajstić information content (AvgIpc) is 2.55. The molecule has 0 spiro atoms. The predicted molar refractivity (Wildman–Crippen MR) is 92.8 cm³/mol. The first-order valence-corrected chi connectivity index (χ1v) is 7.43. The van der Waals surface area contributed by atoms with Gasteiger partial charge >= 0.3 is 5.69 Å². The maximum atomic E-state index is 12.0. The third-order valence-electron chi connectivity index (χ3n) is 3.05. The molecule has 0 bridgehead atoms. The summed E-state index contributed by atoms with van der Waals surface area (Å²) < 4.78 is 4.87. The molecule has 130 valence electrons. The van der Waals surface area contributed by atoms with E-state index in [2.05, 4.69) is 10.5 Å². The number of nitro benzene ring substituents is 1. The molecule has 2 aromatic rings. The van der Waals surface area contributed by atoms with Gasteiger partial charge in [0.15, 0.2) is 5.75 Å². The molecule has 0 radical (unpaired) electrons. The van der Waals surface area contributed by atoms with Gasteiger partial charge in [-0.25, -0.2) is 5.43 Å². The summed E-state index contributed by atoms with van der Waals surface area (Å²) in [5, 5.41) is 24.9. The predicted octanol–water partition coefficient (Wildman–Crippen LogP) is 3.38. The number of amides is 1. The Balaban J connectivity index is 2.20. The van der Waals surface area contributed by atoms with Gasteiger partial charge in [0, 0.05) is 16.7 Å². The Kier molecular flexibility index (Phi) is 5.79. The summed E-state index contributed by atoms with van der Waals surface area (Å²) in [6, 6.07) is 6.76. The zero-order valence-electron chi connectivity index (χ0n) is 12.7. The Morgan fingerprint density at radius 2 is 2.08 bits per heavy atom. The van der Waals surface area contributed by atoms with E-state index in [1.54, 1.807) is 0 Å². The number of hydrazone groups is 1. The molecule has 2 rings (SSSR count). The highest BCUT2D eigenvalue weighted by atomic mass is 35.5. The number of nitro groups is 1. The molecule has 0 unspecified atom stereocenters. The number of carbonyl (C=O) groups excluding carboxylic acids is 1. The highest BCUT2D eigenvalue weighted by Crippen LogP contribution is 2.36. The molecule has 0 saturated carbocycles. The van der Waals surface area contributed by atoms with E-state index in [-0.39, 0.29) is 21.9 Å². The number of nitrogens with zero attached hydrogens (tertiary/aromatic N) is 2. The first-order valence-electron chi connectivity index (χ1n) is 6.67.